The Morgan fingerprint density at radius 2 is 1.23 bits per heavy atom. The van der Waals surface area contributed by atoms with Crippen molar-refractivity contribution >= 4 is 27.9 Å². The predicted molar refractivity (Wildman–Crippen MR) is 192 cm³/mol. The van der Waals surface area contributed by atoms with Gasteiger partial charge in [-0.2, -0.15) is 13.2 Å². The number of nitrogens with zero attached hydrogens (tertiary/aromatic N) is 1. The zero-order valence-electron chi connectivity index (χ0n) is 28.7. The Morgan fingerprint density at radius 3 is 1.79 bits per heavy atom. The fourth-order valence-corrected chi connectivity index (χ4v) is 6.94. The van der Waals surface area contributed by atoms with Crippen molar-refractivity contribution in [3.05, 3.63) is 150 Å². The summed E-state index contributed by atoms with van der Waals surface area (Å²) in [5.74, 6) is -2.23. The second-order valence-electron chi connectivity index (χ2n) is 11.8. The quantitative estimate of drug-likeness (QED) is 0.129. The van der Waals surface area contributed by atoms with Gasteiger partial charge in [0.1, 0.15) is 6.04 Å². The number of carbonyl (C=O) groups is 3. The first kappa shape index (κ1) is 38.4. The van der Waals surface area contributed by atoms with Gasteiger partial charge in [-0.1, -0.05) is 91.0 Å². The van der Waals surface area contributed by atoms with Gasteiger partial charge < -0.3 is 14.4 Å². The molecule has 1 atom stereocenters. The lowest BCUT2D eigenvalue weighted by Gasteiger charge is -2.30. The predicted octanol–water partition coefficient (Wildman–Crippen LogP) is 7.03. The van der Waals surface area contributed by atoms with Crippen molar-refractivity contribution in [1.82, 2.24) is 9.62 Å². The Morgan fingerprint density at radius 1 is 0.698 bits per heavy atom. The van der Waals surface area contributed by atoms with Crippen LogP contribution >= 0.6 is 0 Å². The minimum absolute atomic E-state index is 0.0229. The molecule has 0 saturated heterocycles. The van der Waals surface area contributed by atoms with E-state index in [0.29, 0.717) is 16.7 Å². The lowest BCUT2D eigenvalue weighted by atomic mass is 9.99. The van der Waals surface area contributed by atoms with Gasteiger partial charge in [-0.3, -0.25) is 4.79 Å². The molecular formula is C40H35F3N2O7S. The SMILES string of the molecule is COC(=O)c1ccccc1S(=O)(=O)NCCN(C(=O)c1ccc(-c2ccc(C(F)(F)F)cc2)cc1)[C@@H](Cc1ccc(-c2ccccc2)cc1)C(=O)OC. The number of carbonyl (C=O) groups excluding carboxylic acids is 3. The molecule has 0 aromatic heterocycles. The summed E-state index contributed by atoms with van der Waals surface area (Å²) < 4.78 is 78.3. The van der Waals surface area contributed by atoms with E-state index in [-0.39, 0.29) is 35.5 Å². The highest BCUT2D eigenvalue weighted by molar-refractivity contribution is 7.89. The number of sulfonamides is 1. The van der Waals surface area contributed by atoms with Crippen molar-refractivity contribution in [2.24, 2.45) is 0 Å². The van der Waals surface area contributed by atoms with Crippen LogP contribution in [0.25, 0.3) is 22.3 Å². The van der Waals surface area contributed by atoms with E-state index in [1.54, 1.807) is 12.1 Å². The molecule has 0 unspecified atom stereocenters. The Kier molecular flexibility index (Phi) is 12.1. The third kappa shape index (κ3) is 9.36. The van der Waals surface area contributed by atoms with Crippen LogP contribution in [0.4, 0.5) is 13.2 Å². The summed E-state index contributed by atoms with van der Waals surface area (Å²) in [6.07, 6.45) is -4.47. The molecule has 0 aliphatic heterocycles. The maximum atomic E-state index is 14.2. The zero-order chi connectivity index (χ0) is 38.2. The van der Waals surface area contributed by atoms with Gasteiger partial charge in [-0.05, 0) is 64.2 Å². The number of benzene rings is 5. The van der Waals surface area contributed by atoms with Crippen molar-refractivity contribution in [1.29, 1.82) is 0 Å². The molecule has 5 aromatic carbocycles. The molecule has 13 heteroatoms. The molecule has 5 rings (SSSR count). The van der Waals surface area contributed by atoms with Gasteiger partial charge in [0.05, 0.1) is 30.2 Å². The van der Waals surface area contributed by atoms with Crippen LogP contribution < -0.4 is 4.72 Å². The molecule has 0 aliphatic rings. The van der Waals surface area contributed by atoms with Crippen molar-refractivity contribution in [2.75, 3.05) is 27.3 Å². The van der Waals surface area contributed by atoms with E-state index in [4.69, 9.17) is 9.47 Å². The van der Waals surface area contributed by atoms with Crippen LogP contribution in [0.2, 0.25) is 0 Å². The number of methoxy groups -OCH3 is 2. The van der Waals surface area contributed by atoms with Gasteiger partial charge in [-0.25, -0.2) is 22.7 Å². The van der Waals surface area contributed by atoms with Crippen LogP contribution in [0.15, 0.2) is 132 Å². The molecular weight excluding hydrogens is 710 g/mol. The van der Waals surface area contributed by atoms with Crippen molar-refractivity contribution < 1.29 is 45.4 Å². The maximum Gasteiger partial charge on any atom is 0.416 e. The van der Waals surface area contributed by atoms with Gasteiger partial charge in [0.15, 0.2) is 0 Å². The van der Waals surface area contributed by atoms with Crippen LogP contribution in [0.5, 0.6) is 0 Å². The smallest absolute Gasteiger partial charge is 0.416 e. The number of halogens is 3. The molecule has 0 spiro atoms. The monoisotopic (exact) mass is 744 g/mol. The highest BCUT2D eigenvalue weighted by Crippen LogP contribution is 2.31. The van der Waals surface area contributed by atoms with E-state index < -0.39 is 45.7 Å². The maximum absolute atomic E-state index is 14.2. The minimum atomic E-state index is -4.49. The standard InChI is InChI=1S/C40H35F3N2O7S/c1-51-38(47)34-10-6-7-11-36(34)53(49,50)44-24-25-45(35(39(48)52-2)26-27-12-14-29(15-13-27)28-8-4-3-5-9-28)37(46)32-18-16-30(17-19-32)31-20-22-33(23-21-31)40(41,42)43/h3-23,35,44H,24-26H2,1-2H3/t35-/m0/s1. The van der Waals surface area contributed by atoms with Crippen LogP contribution in [-0.4, -0.2) is 64.5 Å². The zero-order valence-corrected chi connectivity index (χ0v) is 29.5. The number of hydrogen-bond acceptors (Lipinski definition) is 7. The average Bonchev–Trinajstić information content (AvgIpc) is 3.18. The van der Waals surface area contributed by atoms with E-state index >= 15 is 0 Å². The number of rotatable bonds is 13. The number of hydrogen-bond donors (Lipinski definition) is 1. The Balaban J connectivity index is 1.44. The van der Waals surface area contributed by atoms with E-state index in [1.165, 1.54) is 60.5 Å². The Hall–Kier alpha value is -5.79. The molecule has 0 aliphatic carbocycles. The van der Waals surface area contributed by atoms with Crippen molar-refractivity contribution in [3.63, 3.8) is 0 Å². The van der Waals surface area contributed by atoms with Gasteiger partial charge in [0.25, 0.3) is 5.91 Å². The van der Waals surface area contributed by atoms with E-state index in [2.05, 4.69) is 4.72 Å². The summed E-state index contributed by atoms with van der Waals surface area (Å²) in [5.41, 5.74) is 2.80. The summed E-state index contributed by atoms with van der Waals surface area (Å²) in [6, 6.07) is 32.0. The Labute approximate surface area is 305 Å². The summed E-state index contributed by atoms with van der Waals surface area (Å²) in [5, 5.41) is 0. The number of nitrogens with one attached hydrogen (secondary N) is 1. The molecule has 9 nitrogen and oxygen atoms in total. The minimum Gasteiger partial charge on any atom is -0.467 e. The van der Waals surface area contributed by atoms with Gasteiger partial charge >= 0.3 is 18.1 Å². The van der Waals surface area contributed by atoms with Crippen molar-refractivity contribution in [3.8, 4) is 22.3 Å². The van der Waals surface area contributed by atoms with Gasteiger partial charge in [0.2, 0.25) is 10.0 Å². The fourth-order valence-electron chi connectivity index (χ4n) is 5.72. The van der Waals surface area contributed by atoms with Gasteiger partial charge in [-0.15, -0.1) is 0 Å². The average molecular weight is 745 g/mol. The van der Waals surface area contributed by atoms with Crippen molar-refractivity contribution in [2.45, 2.75) is 23.5 Å². The van der Waals surface area contributed by atoms with Crippen LogP contribution in [0.3, 0.4) is 0 Å². The summed E-state index contributed by atoms with van der Waals surface area (Å²) in [6.45, 7) is -0.644. The second kappa shape index (κ2) is 16.7. The molecule has 0 bridgehead atoms. The number of esters is 2. The topological polar surface area (TPSA) is 119 Å². The molecule has 0 heterocycles. The number of ether oxygens (including phenoxy) is 2. The second-order valence-corrected chi connectivity index (χ2v) is 13.6. The number of alkyl halides is 3. The number of amides is 1. The molecule has 1 amide bonds. The first-order valence-corrected chi connectivity index (χ1v) is 17.8. The molecule has 0 radical (unpaired) electrons. The van der Waals surface area contributed by atoms with Gasteiger partial charge in [0, 0.05) is 25.1 Å². The fraction of sp³-hybridized carbons (Fsp3) is 0.175. The van der Waals surface area contributed by atoms with Crippen LogP contribution in [-0.2, 0) is 36.9 Å². The first-order chi connectivity index (χ1) is 25.3. The van der Waals surface area contributed by atoms with Crippen LogP contribution in [0.1, 0.15) is 31.8 Å². The van der Waals surface area contributed by atoms with E-state index in [0.717, 1.165) is 30.4 Å². The highest BCUT2D eigenvalue weighted by atomic mass is 32.2. The summed E-state index contributed by atoms with van der Waals surface area (Å²) in [7, 11) is -1.99. The molecule has 274 valence electrons. The van der Waals surface area contributed by atoms with E-state index in [9.17, 15) is 36.0 Å². The molecule has 0 saturated carbocycles. The Bertz CT molecular complexity index is 2160. The molecule has 53 heavy (non-hydrogen) atoms. The highest BCUT2D eigenvalue weighted by Gasteiger charge is 2.33. The summed E-state index contributed by atoms with van der Waals surface area (Å²) in [4.78, 5) is 40.7. The molecule has 5 aromatic rings. The summed E-state index contributed by atoms with van der Waals surface area (Å²) >= 11 is 0. The largest absolute Gasteiger partial charge is 0.467 e. The molecule has 0 fully saturated rings. The lowest BCUT2D eigenvalue weighted by Crippen LogP contribution is -2.49. The first-order valence-electron chi connectivity index (χ1n) is 16.3. The molecule has 1 N–H and O–H groups in total. The normalized spacial score (nSPS) is 12.1. The third-order valence-corrected chi connectivity index (χ3v) is 10.0. The van der Waals surface area contributed by atoms with E-state index in [1.807, 2.05) is 54.6 Å². The van der Waals surface area contributed by atoms with Crippen LogP contribution in [0, 0.1) is 0 Å². The lowest BCUT2D eigenvalue weighted by molar-refractivity contribution is -0.146. The third-order valence-electron chi connectivity index (χ3n) is 8.50.